The Kier molecular flexibility index (Phi) is 6.38. The van der Waals surface area contributed by atoms with Gasteiger partial charge in [-0.2, -0.15) is 0 Å². The molecule has 0 spiro atoms. The minimum absolute atomic E-state index is 0.0615. The van der Waals surface area contributed by atoms with Gasteiger partial charge in [-0.15, -0.1) is 0 Å². The van der Waals surface area contributed by atoms with E-state index in [-0.39, 0.29) is 24.9 Å². The van der Waals surface area contributed by atoms with E-state index in [9.17, 15) is 19.6 Å². The number of likely N-dealkylation sites (tertiary alicyclic amines) is 1. The van der Waals surface area contributed by atoms with Gasteiger partial charge >= 0.3 is 13.2 Å². The van der Waals surface area contributed by atoms with Crippen LogP contribution in [0.4, 0.5) is 4.79 Å². The summed E-state index contributed by atoms with van der Waals surface area (Å²) in [6.07, 6.45) is 3.51. The largest absolute Gasteiger partial charge is 0.464 e. The Labute approximate surface area is 162 Å². The van der Waals surface area contributed by atoms with E-state index < -0.39 is 19.3 Å². The van der Waals surface area contributed by atoms with Crippen molar-refractivity contribution in [3.05, 3.63) is 48.7 Å². The molecule has 148 valence electrons. The lowest BCUT2D eigenvalue weighted by Gasteiger charge is -2.24. The molecule has 28 heavy (non-hydrogen) atoms. The van der Waals surface area contributed by atoms with Crippen molar-refractivity contribution in [3.63, 3.8) is 0 Å². The van der Waals surface area contributed by atoms with E-state index >= 15 is 0 Å². The number of furan rings is 1. The molecular formula is C19H23BN2O6. The number of nitrogens with zero attached hydrogens (tertiary/aromatic N) is 1. The Balaban J connectivity index is 1.65. The van der Waals surface area contributed by atoms with E-state index in [1.54, 1.807) is 11.0 Å². The van der Waals surface area contributed by atoms with Crippen LogP contribution in [-0.4, -0.2) is 53.3 Å². The van der Waals surface area contributed by atoms with Crippen LogP contribution in [0.15, 0.2) is 47.6 Å². The van der Waals surface area contributed by atoms with Crippen LogP contribution in [0.3, 0.4) is 0 Å². The first-order valence-electron chi connectivity index (χ1n) is 9.18. The molecule has 3 rings (SSSR count). The highest BCUT2D eigenvalue weighted by Crippen LogP contribution is 2.29. The molecule has 9 heteroatoms. The van der Waals surface area contributed by atoms with Crippen LogP contribution in [0.25, 0.3) is 11.0 Å². The Morgan fingerprint density at radius 1 is 1.43 bits per heavy atom. The summed E-state index contributed by atoms with van der Waals surface area (Å²) < 4.78 is 10.8. The van der Waals surface area contributed by atoms with E-state index in [2.05, 4.69) is 11.9 Å². The number of ether oxygens (including phenoxy) is 1. The van der Waals surface area contributed by atoms with Crippen molar-refractivity contribution in [2.45, 2.75) is 31.2 Å². The fourth-order valence-corrected chi connectivity index (χ4v) is 3.51. The molecule has 0 saturated carbocycles. The van der Waals surface area contributed by atoms with Crippen molar-refractivity contribution in [2.24, 2.45) is 0 Å². The van der Waals surface area contributed by atoms with Crippen LogP contribution < -0.4 is 5.32 Å². The number of benzene rings is 1. The zero-order chi connectivity index (χ0) is 20.1. The van der Waals surface area contributed by atoms with Gasteiger partial charge in [0.25, 0.3) is 0 Å². The monoisotopic (exact) mass is 386 g/mol. The van der Waals surface area contributed by atoms with Gasteiger partial charge in [-0.25, -0.2) is 4.79 Å². The van der Waals surface area contributed by atoms with Gasteiger partial charge in [0, 0.05) is 23.8 Å². The van der Waals surface area contributed by atoms with Gasteiger partial charge in [0.05, 0.1) is 18.3 Å². The SMILES string of the molecule is C=CC(=O)N1CCC[C@@H]1COC(=O)N[C@H](CB(O)O)c1coc2ccccc12. The molecule has 0 unspecified atom stereocenters. The van der Waals surface area contributed by atoms with Gasteiger partial charge < -0.3 is 29.4 Å². The van der Waals surface area contributed by atoms with Crippen LogP contribution in [0.2, 0.25) is 6.32 Å². The molecule has 1 saturated heterocycles. The number of carbonyl (C=O) groups excluding carboxylic acids is 2. The molecule has 1 aromatic heterocycles. The molecule has 2 heterocycles. The summed E-state index contributed by atoms with van der Waals surface area (Å²) in [6.45, 7) is 4.16. The summed E-state index contributed by atoms with van der Waals surface area (Å²) in [6, 6.07) is 6.38. The molecule has 0 bridgehead atoms. The van der Waals surface area contributed by atoms with E-state index in [4.69, 9.17) is 9.15 Å². The van der Waals surface area contributed by atoms with Crippen LogP contribution in [0.5, 0.6) is 0 Å². The quantitative estimate of drug-likeness (QED) is 0.495. The van der Waals surface area contributed by atoms with Gasteiger partial charge in [0.1, 0.15) is 12.2 Å². The minimum Gasteiger partial charge on any atom is -0.464 e. The van der Waals surface area contributed by atoms with E-state index in [1.165, 1.54) is 12.3 Å². The highest BCUT2D eigenvalue weighted by molar-refractivity contribution is 6.41. The molecule has 2 aromatic rings. The molecular weight excluding hydrogens is 363 g/mol. The molecule has 0 radical (unpaired) electrons. The van der Waals surface area contributed by atoms with Gasteiger partial charge in [-0.05, 0) is 25.0 Å². The van der Waals surface area contributed by atoms with Crippen molar-refractivity contribution in [2.75, 3.05) is 13.2 Å². The van der Waals surface area contributed by atoms with Gasteiger partial charge in [-0.3, -0.25) is 4.79 Å². The Bertz CT molecular complexity index is 852. The third-order valence-electron chi connectivity index (χ3n) is 4.87. The summed E-state index contributed by atoms with van der Waals surface area (Å²) in [7, 11) is -1.62. The molecule has 2 amide bonds. The van der Waals surface area contributed by atoms with Crippen molar-refractivity contribution in [1.82, 2.24) is 10.2 Å². The fraction of sp³-hybridized carbons (Fsp3) is 0.368. The summed E-state index contributed by atoms with van der Waals surface area (Å²) in [5.41, 5.74) is 1.26. The second-order valence-electron chi connectivity index (χ2n) is 6.73. The normalized spacial score (nSPS) is 17.4. The second-order valence-corrected chi connectivity index (χ2v) is 6.73. The molecule has 1 aromatic carbocycles. The van der Waals surface area contributed by atoms with E-state index in [1.807, 2.05) is 18.2 Å². The molecule has 2 atom stereocenters. The number of fused-ring (bicyclic) bond motifs is 1. The van der Waals surface area contributed by atoms with Crippen molar-refractivity contribution in [3.8, 4) is 0 Å². The highest BCUT2D eigenvalue weighted by Gasteiger charge is 2.29. The third-order valence-corrected chi connectivity index (χ3v) is 4.87. The van der Waals surface area contributed by atoms with E-state index in [0.29, 0.717) is 17.7 Å². The van der Waals surface area contributed by atoms with Gasteiger partial charge in [0.15, 0.2) is 0 Å². The molecule has 0 aliphatic carbocycles. The number of nitrogens with one attached hydrogen (secondary N) is 1. The number of hydrogen-bond acceptors (Lipinski definition) is 6. The molecule has 3 N–H and O–H groups in total. The van der Waals surface area contributed by atoms with Crippen LogP contribution in [0, 0.1) is 0 Å². The highest BCUT2D eigenvalue weighted by atomic mass is 16.5. The van der Waals surface area contributed by atoms with Crippen molar-refractivity contribution >= 4 is 30.1 Å². The van der Waals surface area contributed by atoms with Gasteiger partial charge in [0.2, 0.25) is 5.91 Å². The number of amides is 2. The number of carbonyl (C=O) groups is 2. The predicted molar refractivity (Wildman–Crippen MR) is 103 cm³/mol. The van der Waals surface area contributed by atoms with E-state index in [0.717, 1.165) is 18.2 Å². The van der Waals surface area contributed by atoms with Crippen molar-refractivity contribution < 1.29 is 28.8 Å². The number of para-hydroxylation sites is 1. The zero-order valence-corrected chi connectivity index (χ0v) is 15.4. The number of rotatable bonds is 7. The minimum atomic E-state index is -1.62. The molecule has 8 nitrogen and oxygen atoms in total. The first-order chi connectivity index (χ1) is 13.5. The Morgan fingerprint density at radius 2 is 2.21 bits per heavy atom. The third kappa shape index (κ3) is 4.55. The maximum atomic E-state index is 12.3. The van der Waals surface area contributed by atoms with Crippen LogP contribution >= 0.6 is 0 Å². The summed E-state index contributed by atoms with van der Waals surface area (Å²) in [4.78, 5) is 25.8. The molecule has 1 aliphatic rings. The maximum absolute atomic E-state index is 12.3. The summed E-state index contributed by atoms with van der Waals surface area (Å²) >= 11 is 0. The lowest BCUT2D eigenvalue weighted by molar-refractivity contribution is -0.127. The maximum Gasteiger partial charge on any atom is 0.453 e. The lowest BCUT2D eigenvalue weighted by Crippen LogP contribution is -2.39. The average molecular weight is 386 g/mol. The first-order valence-corrected chi connectivity index (χ1v) is 9.18. The Hall–Kier alpha value is -2.78. The number of hydrogen-bond donors (Lipinski definition) is 3. The topological polar surface area (TPSA) is 112 Å². The van der Waals surface area contributed by atoms with Gasteiger partial charge in [-0.1, -0.05) is 24.8 Å². The molecule has 1 aliphatic heterocycles. The van der Waals surface area contributed by atoms with Crippen LogP contribution in [-0.2, 0) is 9.53 Å². The van der Waals surface area contributed by atoms with Crippen LogP contribution in [0.1, 0.15) is 24.4 Å². The summed E-state index contributed by atoms with van der Waals surface area (Å²) in [5.74, 6) is -0.183. The summed E-state index contributed by atoms with van der Waals surface area (Å²) in [5, 5.41) is 22.3. The van der Waals surface area contributed by atoms with Crippen molar-refractivity contribution in [1.29, 1.82) is 0 Å². The average Bonchev–Trinajstić information content (AvgIpc) is 3.31. The lowest BCUT2D eigenvalue weighted by atomic mass is 9.79. The second kappa shape index (κ2) is 8.94. The standard InChI is InChI=1S/C19H23BN2O6/c1-2-18(23)22-9-5-6-13(22)11-28-19(24)21-16(10-20(25)26)15-12-27-17-8-4-3-7-14(15)17/h2-4,7-8,12-13,16,25-26H,1,5-6,9-11H2,(H,21,24)/t13-,16-/m1/s1. The first kappa shape index (κ1) is 20.0. The number of alkyl carbamates (subject to hydrolysis) is 1. The zero-order valence-electron chi connectivity index (χ0n) is 15.4. The fourth-order valence-electron chi connectivity index (χ4n) is 3.51. The Morgan fingerprint density at radius 3 is 2.96 bits per heavy atom. The molecule has 1 fully saturated rings. The predicted octanol–water partition coefficient (Wildman–Crippen LogP) is 1.85. The smallest absolute Gasteiger partial charge is 0.453 e.